The Labute approximate surface area is 694 Å². The van der Waals surface area contributed by atoms with E-state index in [-0.39, 0.29) is 98.1 Å². The molecule has 0 bridgehead atoms. The lowest BCUT2D eigenvalue weighted by Crippen LogP contribution is -2.44. The number of alkyl halides is 10. The van der Waals surface area contributed by atoms with Crippen LogP contribution in [-0.2, 0) is 111 Å². The molecule has 4 N–H and O–H groups in total. The number of esters is 7. The largest absolute Gasteiger partial charge is 0.471 e. The van der Waals surface area contributed by atoms with E-state index in [1.807, 2.05) is 64.1 Å². The topological polar surface area (TPSA) is 363 Å². The van der Waals surface area contributed by atoms with Gasteiger partial charge < -0.3 is 59.3 Å². The number of nitrogens with two attached hydrogens (primary N) is 1. The van der Waals surface area contributed by atoms with Gasteiger partial charge in [0.1, 0.15) is 0 Å². The van der Waals surface area contributed by atoms with E-state index in [0.717, 1.165) is 87.5 Å². The molecule has 3 aliphatic rings. The number of amides is 3. The number of aryl methyl sites for hydroxylation is 5. The summed E-state index contributed by atoms with van der Waals surface area (Å²) in [5, 5.41) is 32.3. The second kappa shape index (κ2) is 47.2. The Morgan fingerprint density at radius 2 is 0.775 bits per heavy atom. The van der Waals surface area contributed by atoms with Gasteiger partial charge in [0.15, 0.2) is 0 Å². The van der Waals surface area contributed by atoms with Crippen LogP contribution >= 0.6 is 15.9 Å². The number of benzene rings is 7. The minimum absolute atomic E-state index is 0.0171. The monoisotopic (exact) mass is 1740 g/mol. The number of hydrogen-bond acceptors (Lipinski definition) is 22. The van der Waals surface area contributed by atoms with E-state index in [4.69, 9.17) is 26.3 Å². The number of carbonyl (C=O) groups is 10. The number of nitriles is 3. The second-order valence-electron chi connectivity index (χ2n) is 26.2. The maximum absolute atomic E-state index is 12.5. The Morgan fingerprint density at radius 3 is 1.15 bits per heavy atom. The number of nitrogens with zero attached hydrogens (tertiary/aromatic N) is 5. The highest BCUT2D eigenvalue weighted by Crippen LogP contribution is 2.33. The van der Waals surface area contributed by atoms with Gasteiger partial charge in [-0.15, -0.1) is 0 Å². The normalized spacial score (nSPS) is 12.1. The minimum atomic E-state index is -4.98. The van der Waals surface area contributed by atoms with Crippen molar-refractivity contribution in [2.24, 2.45) is 5.73 Å². The summed E-state index contributed by atoms with van der Waals surface area (Å²) >= 11 is 3.36. The van der Waals surface area contributed by atoms with Gasteiger partial charge in [0, 0.05) is 44.6 Å². The maximum Gasteiger partial charge on any atom is 0.471 e. The molecule has 25 nitrogen and oxygen atoms in total. The van der Waals surface area contributed by atoms with Crippen LogP contribution in [0.5, 0.6) is 0 Å². The molecule has 10 rings (SSSR count). The van der Waals surface area contributed by atoms with E-state index in [2.05, 4.69) is 61.8 Å². The van der Waals surface area contributed by atoms with E-state index >= 15 is 0 Å². The number of carbonyl (C=O) groups excluding carboxylic acids is 10. The number of ether oxygens (including phenoxy) is 7. The van der Waals surface area contributed by atoms with Gasteiger partial charge in [-0.25, -0.2) is 33.6 Å². The summed E-state index contributed by atoms with van der Waals surface area (Å²) in [6.45, 7) is 10.6. The SMILES string of the molecule is COC(=O)c1ccc(C#N)c2c1CN(C(=O)C(F)(F)F)CC2.COC(=O)c1ccc(C#N)c2c1CNCC2.COC(=O)c1ccc(C)c(CBr)c1.COC(=O)c1ccc(C)c(CC#N)c1.COC(=O)c1ccc(C)c(CCN)c1.COC(=O)c1ccc(C)c(CCNC(=O)C(F)(F)F)c1.COC(=O)c1ccc(C)c2c1CN(C(=O)C(F)(F)F)CC2. The molecule has 7 aromatic rings. The van der Waals surface area contributed by atoms with Crippen LogP contribution < -0.4 is 16.4 Å². The molecule has 0 saturated carbocycles. The molecule has 0 saturated heterocycles. The van der Waals surface area contributed by atoms with Gasteiger partial charge in [-0.2, -0.15) is 55.3 Å². The average Bonchev–Trinajstić information content (AvgIpc) is 0.791. The number of nitrogens with one attached hydrogen (secondary N) is 2. The van der Waals surface area contributed by atoms with Crippen LogP contribution in [0.4, 0.5) is 39.5 Å². The highest BCUT2D eigenvalue weighted by Gasteiger charge is 2.45. The summed E-state index contributed by atoms with van der Waals surface area (Å²) < 4.78 is 144. The first-order valence-electron chi connectivity index (χ1n) is 36.2. The molecule has 0 spiro atoms. The van der Waals surface area contributed by atoms with E-state index in [0.29, 0.717) is 79.4 Å². The molecule has 0 radical (unpaired) electrons. The molecule has 120 heavy (non-hydrogen) atoms. The molecule has 0 fully saturated rings. The highest BCUT2D eigenvalue weighted by molar-refractivity contribution is 9.08. The number of rotatable bonds is 14. The summed E-state index contributed by atoms with van der Waals surface area (Å²) in [7, 11) is 9.06. The van der Waals surface area contributed by atoms with Crippen molar-refractivity contribution in [2.75, 3.05) is 82.5 Å². The average molecular weight is 1740 g/mol. The summed E-state index contributed by atoms with van der Waals surface area (Å²) in [5.74, 6) is -8.99. The van der Waals surface area contributed by atoms with Gasteiger partial charge >= 0.3 is 78.0 Å². The van der Waals surface area contributed by atoms with Crippen molar-refractivity contribution in [2.45, 2.75) is 117 Å². The summed E-state index contributed by atoms with van der Waals surface area (Å²) in [6, 6.07) is 36.5. The fraction of sp³-hybridized carbons (Fsp3) is 0.353. The summed E-state index contributed by atoms with van der Waals surface area (Å²) in [5.41, 5.74) is 21.9. The Morgan fingerprint density at radius 1 is 0.433 bits per heavy atom. The van der Waals surface area contributed by atoms with Crippen molar-refractivity contribution in [3.63, 3.8) is 0 Å². The summed E-state index contributed by atoms with van der Waals surface area (Å²) in [6.07, 6.45) is -12.3. The van der Waals surface area contributed by atoms with Crippen molar-refractivity contribution in [1.29, 1.82) is 15.8 Å². The third-order valence-corrected chi connectivity index (χ3v) is 19.3. The van der Waals surface area contributed by atoms with Crippen LogP contribution in [0.25, 0.3) is 0 Å². The van der Waals surface area contributed by atoms with E-state index in [9.17, 15) is 87.5 Å². The van der Waals surface area contributed by atoms with Gasteiger partial charge in [0.25, 0.3) is 0 Å². The fourth-order valence-electron chi connectivity index (χ4n) is 12.1. The van der Waals surface area contributed by atoms with Crippen LogP contribution in [0.3, 0.4) is 0 Å². The van der Waals surface area contributed by atoms with Crippen LogP contribution in [-0.4, -0.2) is 170 Å². The summed E-state index contributed by atoms with van der Waals surface area (Å²) in [4.78, 5) is 115. The quantitative estimate of drug-likeness (QED) is 0.0394. The maximum atomic E-state index is 12.5. The standard InChI is InChI=1S/C14H11F3N2O3.C14H14F3NO3.C13H14F3NO3.C12H12N2O2.C11H15NO2.C11H11NO2.C10H11BrO2/c1-22-12(20)10-3-2-8(6-18)9-4-5-19(7-11(9)10)13(21)14(15,16)17;1-8-3-4-10(12(19)21-2)11-7-18(6-5-9(8)11)13(20)14(15,16)17;1-8-3-4-10(11(18)20-2)7-9(8)5-6-17-12(19)13(14,15)16;1-16-12(15)10-3-2-8(6-13)9-4-5-14-7-11(9)10;2*1-8-3-4-10(11(13)14-2)7-9(8)5-6-12;1-7-3-4-8(10(12)13-2)5-9(7)6-11/h2-3H,4-5,7H2,1H3;3-4H,5-7H2,1-2H3;3-4,7H,5-6H2,1-2H3,(H,17,19);2-3,14H,4-5,7H2,1H3;3-4,7H,5-6,12H2,1-2H3;3-4,7H,5H2,1-2H3;3-5H,6H2,1-2H3. The Balaban J connectivity index is 0.000000297. The third-order valence-electron chi connectivity index (χ3n) is 18.7. The minimum Gasteiger partial charge on any atom is -0.465 e. The van der Waals surface area contributed by atoms with Gasteiger partial charge in [0.05, 0.1) is 124 Å². The van der Waals surface area contributed by atoms with E-state index in [1.165, 1.54) is 66.4 Å². The lowest BCUT2D eigenvalue weighted by molar-refractivity contribution is -0.186. The van der Waals surface area contributed by atoms with Crippen LogP contribution in [0.1, 0.15) is 167 Å². The van der Waals surface area contributed by atoms with Crippen LogP contribution in [0.2, 0.25) is 0 Å². The molecule has 0 unspecified atom stereocenters. The molecule has 0 aliphatic carbocycles. The zero-order chi connectivity index (χ0) is 90.1. The molecular formula is C85H88BrF9N8O17. The van der Waals surface area contributed by atoms with Crippen molar-refractivity contribution in [3.8, 4) is 18.2 Å². The Kier molecular flexibility index (Phi) is 39.2. The number of fused-ring (bicyclic) bond motifs is 3. The number of halogens is 10. The van der Waals surface area contributed by atoms with Gasteiger partial charge in [-0.1, -0.05) is 46.3 Å². The molecular weight excluding hydrogens is 1660 g/mol. The highest BCUT2D eigenvalue weighted by atomic mass is 79.9. The lowest BCUT2D eigenvalue weighted by Gasteiger charge is -2.31. The van der Waals surface area contributed by atoms with Crippen molar-refractivity contribution in [3.05, 3.63) is 243 Å². The van der Waals surface area contributed by atoms with Gasteiger partial charge in [0.2, 0.25) is 0 Å². The first kappa shape index (κ1) is 99.8. The predicted molar refractivity (Wildman–Crippen MR) is 421 cm³/mol. The molecule has 3 aliphatic heterocycles. The number of methoxy groups -OCH3 is 7. The molecule has 3 heterocycles. The van der Waals surface area contributed by atoms with Crippen LogP contribution in [0, 0.1) is 68.6 Å². The Hall–Kier alpha value is -12.5. The molecule has 0 atom stereocenters. The Bertz CT molecular complexity index is 5030. The number of hydrogen-bond donors (Lipinski definition) is 3. The second-order valence-corrected chi connectivity index (χ2v) is 26.8. The molecule has 640 valence electrons. The molecule has 3 amide bonds. The van der Waals surface area contributed by atoms with E-state index < -0.39 is 54.2 Å². The first-order chi connectivity index (χ1) is 56.6. The van der Waals surface area contributed by atoms with E-state index in [1.54, 1.807) is 72.9 Å². The molecule has 7 aromatic carbocycles. The van der Waals surface area contributed by atoms with Crippen molar-refractivity contribution in [1.82, 2.24) is 20.4 Å². The van der Waals surface area contributed by atoms with Crippen molar-refractivity contribution < 1.29 is 121 Å². The molecule has 0 aromatic heterocycles. The fourth-order valence-corrected chi connectivity index (χ4v) is 12.8. The van der Waals surface area contributed by atoms with Gasteiger partial charge in [-0.3, -0.25) is 14.4 Å². The first-order valence-corrected chi connectivity index (χ1v) is 37.3. The van der Waals surface area contributed by atoms with Crippen molar-refractivity contribution >= 4 is 75.4 Å². The van der Waals surface area contributed by atoms with Gasteiger partial charge in [-0.05, 0) is 242 Å². The zero-order valence-corrected chi connectivity index (χ0v) is 69.1. The smallest absolute Gasteiger partial charge is 0.465 e. The zero-order valence-electron chi connectivity index (χ0n) is 67.5. The lowest BCUT2D eigenvalue weighted by atomic mass is 9.91. The predicted octanol–water partition coefficient (Wildman–Crippen LogP) is 12.8. The van der Waals surface area contributed by atoms with Crippen LogP contribution in [0.15, 0.2) is 109 Å². The third kappa shape index (κ3) is 28.4. The molecule has 35 heteroatoms.